The Morgan fingerprint density at radius 1 is 0.900 bits per heavy atom. The van der Waals surface area contributed by atoms with E-state index >= 15 is 0 Å². The number of anilines is 3. The highest BCUT2D eigenvalue weighted by Gasteiger charge is 2.12. The lowest BCUT2D eigenvalue weighted by molar-refractivity contribution is 0.475. The number of nitrogens with zero attached hydrogens (tertiary/aromatic N) is 4. The number of phenolic OH excluding ortho intramolecular Hbond substituents is 1. The third kappa shape index (κ3) is 1.88. The lowest BCUT2D eigenvalue weighted by Gasteiger charge is -2.07. The van der Waals surface area contributed by atoms with Gasteiger partial charge in [-0.2, -0.15) is 9.97 Å². The van der Waals surface area contributed by atoms with Gasteiger partial charge in [0.2, 0.25) is 5.95 Å². The molecule has 2 aromatic heterocycles. The zero-order valence-corrected chi connectivity index (χ0v) is 9.97. The van der Waals surface area contributed by atoms with Gasteiger partial charge in [0.05, 0.1) is 5.48 Å². The van der Waals surface area contributed by atoms with Gasteiger partial charge in [-0.05, 0) is 24.2 Å². The Morgan fingerprint density at radius 3 is 2.30 bits per heavy atom. The van der Waals surface area contributed by atoms with Crippen molar-refractivity contribution in [3.05, 3.63) is 24.2 Å². The lowest BCUT2D eigenvalue weighted by atomic mass is 10.1. The minimum atomic E-state index is -0.767. The molecule has 2 heterocycles. The van der Waals surface area contributed by atoms with Crippen LogP contribution in [0.15, 0.2) is 24.2 Å². The Morgan fingerprint density at radius 2 is 1.60 bits per heavy atom. The van der Waals surface area contributed by atoms with Crippen LogP contribution in [0, 0.1) is 0 Å². The topological polar surface area (TPSA) is 150 Å². The van der Waals surface area contributed by atoms with E-state index in [-0.39, 0.29) is 40.0 Å². The van der Waals surface area contributed by atoms with Gasteiger partial charge in [-0.25, -0.2) is 9.97 Å². The number of phenols is 1. The molecule has 8 nitrogen and oxygen atoms in total. The fraction of sp³-hybridized carbons (Fsp3) is 0. The summed E-state index contributed by atoms with van der Waals surface area (Å²) >= 11 is 0. The van der Waals surface area contributed by atoms with Crippen LogP contribution in [0.1, 0.15) is 5.48 Å². The first kappa shape index (κ1) is 8.10. The number of nitrogens with two attached hydrogens (primary N) is 3. The van der Waals surface area contributed by atoms with Gasteiger partial charge in [0, 0.05) is 5.56 Å². The summed E-state index contributed by atoms with van der Waals surface area (Å²) in [5.41, 5.74) is 16.8. The molecule has 0 fully saturated rings. The van der Waals surface area contributed by atoms with Crippen molar-refractivity contribution in [2.24, 2.45) is 0 Å². The second kappa shape index (κ2) is 4.19. The Labute approximate surface area is 118 Å². The average molecular weight is 273 g/mol. The van der Waals surface area contributed by atoms with E-state index in [9.17, 15) is 5.11 Å². The Balaban J connectivity index is 2.42. The van der Waals surface area contributed by atoms with Gasteiger partial charge in [0.25, 0.3) is 0 Å². The molecule has 0 saturated heterocycles. The van der Waals surface area contributed by atoms with E-state index in [1.54, 1.807) is 0 Å². The molecule has 3 rings (SSSR count). The van der Waals surface area contributed by atoms with E-state index < -0.39 is 29.9 Å². The summed E-state index contributed by atoms with van der Waals surface area (Å²) in [5, 5.41) is 9.62. The largest absolute Gasteiger partial charge is 0.508 e. The molecular formula is C12H11N7O. The van der Waals surface area contributed by atoms with Crippen molar-refractivity contribution < 1.29 is 10.6 Å². The van der Waals surface area contributed by atoms with Gasteiger partial charge < -0.3 is 22.3 Å². The summed E-state index contributed by atoms with van der Waals surface area (Å²) in [4.78, 5) is 15.7. The molecule has 100 valence electrons. The molecule has 0 atom stereocenters. The molecule has 0 aliphatic rings. The number of nitrogen functional groups attached to an aromatic ring is 3. The van der Waals surface area contributed by atoms with E-state index in [1.165, 1.54) is 0 Å². The van der Waals surface area contributed by atoms with Crippen LogP contribution >= 0.6 is 0 Å². The molecule has 20 heavy (non-hydrogen) atoms. The van der Waals surface area contributed by atoms with Crippen molar-refractivity contribution in [1.82, 2.24) is 19.9 Å². The van der Waals surface area contributed by atoms with Gasteiger partial charge in [-0.3, -0.25) is 0 Å². The molecule has 0 spiro atoms. The third-order valence-electron chi connectivity index (χ3n) is 2.45. The standard InChI is InChI=1S/C12H11N7O/c13-9-7(5-1-3-6(20)4-2-5)16-8-10(14)18-12(15)19-11(8)17-9/h1-4,20H,(H6,13,14,15,17,18,19)/i1D,2D,3D,4D. The highest BCUT2D eigenvalue weighted by molar-refractivity contribution is 5.87. The molecule has 8 heteroatoms. The molecule has 0 unspecified atom stereocenters. The first-order valence-corrected chi connectivity index (χ1v) is 5.38. The maximum absolute atomic E-state index is 9.62. The van der Waals surface area contributed by atoms with Crippen molar-refractivity contribution in [3.63, 3.8) is 0 Å². The van der Waals surface area contributed by atoms with Crippen LogP contribution < -0.4 is 17.2 Å². The van der Waals surface area contributed by atoms with Gasteiger partial charge in [0.1, 0.15) is 11.4 Å². The molecule has 1 aromatic carbocycles. The van der Waals surface area contributed by atoms with E-state index in [2.05, 4.69) is 19.9 Å². The SMILES string of the molecule is [2H]c1c([2H])c(-c2nc3c(N)nc(N)nc3nc2N)c([2H])c([2H])c1O. The second-order valence-corrected chi connectivity index (χ2v) is 3.82. The highest BCUT2D eigenvalue weighted by Crippen LogP contribution is 2.27. The Kier molecular flexibility index (Phi) is 1.70. The fourth-order valence-corrected chi connectivity index (χ4v) is 1.61. The van der Waals surface area contributed by atoms with Gasteiger partial charge in [-0.1, -0.05) is 0 Å². The number of benzene rings is 1. The van der Waals surface area contributed by atoms with Gasteiger partial charge in [0.15, 0.2) is 22.8 Å². The molecule has 0 radical (unpaired) electrons. The number of aromatic hydroxyl groups is 1. The van der Waals surface area contributed by atoms with Crippen molar-refractivity contribution in [1.29, 1.82) is 0 Å². The van der Waals surface area contributed by atoms with Crippen molar-refractivity contribution >= 4 is 28.7 Å². The van der Waals surface area contributed by atoms with Crippen molar-refractivity contribution in [3.8, 4) is 17.0 Å². The second-order valence-electron chi connectivity index (χ2n) is 3.82. The smallest absolute Gasteiger partial charge is 0.224 e. The van der Waals surface area contributed by atoms with Crippen molar-refractivity contribution in [2.75, 3.05) is 17.2 Å². The van der Waals surface area contributed by atoms with Crippen LogP contribution in [-0.2, 0) is 0 Å². The molecule has 0 saturated carbocycles. The molecular weight excluding hydrogens is 258 g/mol. The van der Waals surface area contributed by atoms with E-state index in [4.69, 9.17) is 22.7 Å². The minimum Gasteiger partial charge on any atom is -0.508 e. The summed E-state index contributed by atoms with van der Waals surface area (Å²) < 4.78 is 31.3. The third-order valence-corrected chi connectivity index (χ3v) is 2.45. The fourth-order valence-electron chi connectivity index (χ4n) is 1.61. The monoisotopic (exact) mass is 273 g/mol. The molecule has 0 bridgehead atoms. The quantitative estimate of drug-likeness (QED) is 0.501. The van der Waals surface area contributed by atoms with Crippen LogP contribution in [0.4, 0.5) is 17.6 Å². The zero-order valence-electron chi connectivity index (χ0n) is 14.0. The number of hydrogen-bond donors (Lipinski definition) is 4. The van der Waals surface area contributed by atoms with Gasteiger partial charge >= 0.3 is 0 Å². The summed E-state index contributed by atoms with van der Waals surface area (Å²) in [6.07, 6.45) is 0. The average Bonchev–Trinajstić information content (AvgIpc) is 2.52. The summed E-state index contributed by atoms with van der Waals surface area (Å²) in [5.74, 6) is -1.14. The Hall–Kier alpha value is -3.16. The Bertz CT molecular complexity index is 982. The number of fused-ring (bicyclic) bond motifs is 1. The molecule has 0 aliphatic heterocycles. The lowest BCUT2D eigenvalue weighted by Crippen LogP contribution is -2.06. The summed E-state index contributed by atoms with van der Waals surface area (Å²) in [6.45, 7) is 0. The van der Waals surface area contributed by atoms with E-state index in [0.717, 1.165) is 0 Å². The zero-order chi connectivity index (χ0) is 17.8. The number of hydrogen-bond acceptors (Lipinski definition) is 8. The van der Waals surface area contributed by atoms with Crippen LogP contribution in [0.5, 0.6) is 5.75 Å². The molecule has 0 aliphatic carbocycles. The van der Waals surface area contributed by atoms with Crippen LogP contribution in [0.25, 0.3) is 22.4 Å². The summed E-state index contributed by atoms with van der Waals surface area (Å²) in [6, 6.07) is -2.25. The van der Waals surface area contributed by atoms with Gasteiger partial charge in [-0.15, -0.1) is 0 Å². The summed E-state index contributed by atoms with van der Waals surface area (Å²) in [7, 11) is 0. The predicted molar refractivity (Wildman–Crippen MR) is 75.5 cm³/mol. The van der Waals surface area contributed by atoms with Crippen molar-refractivity contribution in [2.45, 2.75) is 0 Å². The predicted octanol–water partition coefficient (Wildman–Crippen LogP) is 0.539. The number of rotatable bonds is 1. The van der Waals surface area contributed by atoms with Crippen LogP contribution in [-0.4, -0.2) is 25.0 Å². The molecule has 7 N–H and O–H groups in total. The maximum Gasteiger partial charge on any atom is 0.224 e. The minimum absolute atomic E-state index is 0.0373. The normalized spacial score (nSPS) is 13.6. The van der Waals surface area contributed by atoms with Crippen LogP contribution in [0.2, 0.25) is 0 Å². The molecule has 3 aromatic rings. The first-order chi connectivity index (χ1) is 11.2. The first-order valence-electron chi connectivity index (χ1n) is 7.38. The highest BCUT2D eigenvalue weighted by atomic mass is 16.3. The number of aromatic nitrogens is 4. The maximum atomic E-state index is 9.62. The molecule has 0 amide bonds. The van der Waals surface area contributed by atoms with Crippen LogP contribution in [0.3, 0.4) is 0 Å². The van der Waals surface area contributed by atoms with E-state index in [1.807, 2.05) is 0 Å². The van der Waals surface area contributed by atoms with E-state index in [0.29, 0.717) is 0 Å².